The normalized spacial score (nSPS) is 52.5. The van der Waals surface area contributed by atoms with Crippen molar-refractivity contribution in [1.82, 2.24) is 0 Å². The summed E-state index contributed by atoms with van der Waals surface area (Å²) in [7, 11) is 0. The van der Waals surface area contributed by atoms with Gasteiger partial charge in [0, 0.05) is 6.04 Å². The minimum atomic E-state index is 0.575. The van der Waals surface area contributed by atoms with E-state index in [0.717, 1.165) is 23.7 Å². The lowest BCUT2D eigenvalue weighted by Crippen LogP contribution is -2.34. The first kappa shape index (κ1) is 9.21. The number of hydrogen-bond donors (Lipinski definition) is 1. The zero-order chi connectivity index (χ0) is 9.54. The monoisotopic (exact) mass is 193 g/mol. The Morgan fingerprint density at radius 2 is 0.929 bits per heavy atom. The van der Waals surface area contributed by atoms with Crippen molar-refractivity contribution in [2.24, 2.45) is 29.4 Å². The Morgan fingerprint density at radius 3 is 1.36 bits per heavy atom. The van der Waals surface area contributed by atoms with Gasteiger partial charge in [0.05, 0.1) is 0 Å². The zero-order valence-electron chi connectivity index (χ0n) is 9.12. The maximum absolute atomic E-state index is 6.44. The van der Waals surface area contributed by atoms with Crippen LogP contribution in [0.3, 0.4) is 0 Å². The Labute approximate surface area is 87.4 Å². The van der Waals surface area contributed by atoms with Gasteiger partial charge in [0.2, 0.25) is 0 Å². The van der Waals surface area contributed by atoms with Crippen molar-refractivity contribution in [3.63, 3.8) is 0 Å². The summed E-state index contributed by atoms with van der Waals surface area (Å²) in [4.78, 5) is 0. The van der Waals surface area contributed by atoms with E-state index in [2.05, 4.69) is 0 Å². The number of rotatable bonds is 0. The van der Waals surface area contributed by atoms with Gasteiger partial charge in [0.15, 0.2) is 0 Å². The molecule has 0 aromatic carbocycles. The van der Waals surface area contributed by atoms with E-state index in [4.69, 9.17) is 5.73 Å². The fourth-order valence-corrected chi connectivity index (χ4v) is 4.71. The topological polar surface area (TPSA) is 26.0 Å². The summed E-state index contributed by atoms with van der Waals surface area (Å²) in [6.07, 6.45) is 11.8. The molecule has 3 aliphatic carbocycles. The second-order valence-corrected chi connectivity index (χ2v) is 5.80. The van der Waals surface area contributed by atoms with Crippen LogP contribution in [0.2, 0.25) is 0 Å². The molecule has 4 unspecified atom stereocenters. The first-order valence-electron chi connectivity index (χ1n) is 6.63. The Balaban J connectivity index is 1.83. The molecule has 80 valence electrons. The predicted octanol–water partition coefficient (Wildman–Crippen LogP) is 2.94. The molecule has 1 heteroatoms. The van der Waals surface area contributed by atoms with Crippen LogP contribution in [0.15, 0.2) is 0 Å². The lowest BCUT2D eigenvalue weighted by molar-refractivity contribution is 0.184. The van der Waals surface area contributed by atoms with E-state index in [1.165, 1.54) is 51.4 Å². The minimum absolute atomic E-state index is 0.575. The number of nitrogens with two attached hydrogens (primary N) is 1. The molecule has 1 nitrogen and oxygen atoms in total. The van der Waals surface area contributed by atoms with Crippen LogP contribution in [0, 0.1) is 23.7 Å². The highest BCUT2D eigenvalue weighted by Gasteiger charge is 2.49. The second kappa shape index (κ2) is 3.52. The molecular formula is C13H23N. The zero-order valence-corrected chi connectivity index (χ0v) is 9.12. The summed E-state index contributed by atoms with van der Waals surface area (Å²) in [5, 5.41) is 0. The third-order valence-corrected chi connectivity index (χ3v) is 5.29. The molecule has 0 radical (unpaired) electrons. The van der Waals surface area contributed by atoms with Gasteiger partial charge in [-0.05, 0) is 49.4 Å². The van der Waals surface area contributed by atoms with Crippen LogP contribution in [-0.4, -0.2) is 6.04 Å². The summed E-state index contributed by atoms with van der Waals surface area (Å²) in [5.74, 6) is 3.89. The molecule has 0 aromatic rings. The Kier molecular flexibility index (Phi) is 2.31. The molecule has 0 saturated heterocycles. The summed E-state index contributed by atoms with van der Waals surface area (Å²) in [6, 6.07) is 0.575. The summed E-state index contributed by atoms with van der Waals surface area (Å²) >= 11 is 0. The van der Waals surface area contributed by atoms with Gasteiger partial charge >= 0.3 is 0 Å². The molecule has 4 atom stereocenters. The van der Waals surface area contributed by atoms with Gasteiger partial charge in [-0.15, -0.1) is 0 Å². The molecular weight excluding hydrogens is 170 g/mol. The van der Waals surface area contributed by atoms with Gasteiger partial charge in [-0.2, -0.15) is 0 Å². The average Bonchev–Trinajstić information content (AvgIpc) is 2.55. The minimum Gasteiger partial charge on any atom is -0.327 e. The van der Waals surface area contributed by atoms with E-state index in [1.807, 2.05) is 0 Å². The van der Waals surface area contributed by atoms with Crippen LogP contribution < -0.4 is 5.73 Å². The molecule has 3 rings (SSSR count). The van der Waals surface area contributed by atoms with Gasteiger partial charge < -0.3 is 5.73 Å². The van der Waals surface area contributed by atoms with Crippen molar-refractivity contribution < 1.29 is 0 Å². The highest BCUT2D eigenvalue weighted by Crippen LogP contribution is 2.53. The van der Waals surface area contributed by atoms with E-state index >= 15 is 0 Å². The van der Waals surface area contributed by atoms with Gasteiger partial charge in [0.1, 0.15) is 0 Å². The van der Waals surface area contributed by atoms with E-state index in [9.17, 15) is 0 Å². The van der Waals surface area contributed by atoms with Gasteiger partial charge in [-0.3, -0.25) is 0 Å². The predicted molar refractivity (Wildman–Crippen MR) is 58.9 cm³/mol. The average molecular weight is 193 g/mol. The van der Waals surface area contributed by atoms with Crippen LogP contribution in [0.5, 0.6) is 0 Å². The van der Waals surface area contributed by atoms with E-state index in [-0.39, 0.29) is 0 Å². The van der Waals surface area contributed by atoms with Gasteiger partial charge in [-0.1, -0.05) is 25.7 Å². The Bertz CT molecular complexity index is 191. The quantitative estimate of drug-likeness (QED) is 0.629. The van der Waals surface area contributed by atoms with E-state index in [1.54, 1.807) is 0 Å². The summed E-state index contributed by atoms with van der Waals surface area (Å²) in [6.45, 7) is 0. The molecule has 0 spiro atoms. The van der Waals surface area contributed by atoms with Crippen LogP contribution >= 0.6 is 0 Å². The second-order valence-electron chi connectivity index (χ2n) is 5.80. The first-order chi connectivity index (χ1) is 6.88. The maximum atomic E-state index is 6.44. The molecule has 0 bridgehead atoms. The molecule has 14 heavy (non-hydrogen) atoms. The molecule has 3 aliphatic rings. The molecule has 0 aliphatic heterocycles. The van der Waals surface area contributed by atoms with Crippen molar-refractivity contribution in [3.8, 4) is 0 Å². The van der Waals surface area contributed by atoms with Gasteiger partial charge in [0.25, 0.3) is 0 Å². The van der Waals surface area contributed by atoms with Crippen LogP contribution in [0.1, 0.15) is 51.4 Å². The maximum Gasteiger partial charge on any atom is 0.0101 e. The molecule has 2 N–H and O–H groups in total. The van der Waals surface area contributed by atoms with Crippen LogP contribution in [-0.2, 0) is 0 Å². The van der Waals surface area contributed by atoms with Crippen LogP contribution in [0.25, 0.3) is 0 Å². The lowest BCUT2D eigenvalue weighted by Gasteiger charge is -2.32. The van der Waals surface area contributed by atoms with Crippen molar-refractivity contribution in [2.45, 2.75) is 57.4 Å². The smallest absolute Gasteiger partial charge is 0.0101 e. The fourth-order valence-electron chi connectivity index (χ4n) is 4.71. The Morgan fingerprint density at radius 1 is 0.571 bits per heavy atom. The largest absolute Gasteiger partial charge is 0.327 e. The van der Waals surface area contributed by atoms with Crippen molar-refractivity contribution in [1.29, 1.82) is 0 Å². The Hall–Kier alpha value is -0.0400. The third kappa shape index (κ3) is 1.25. The first-order valence-corrected chi connectivity index (χ1v) is 6.63. The highest BCUT2D eigenvalue weighted by molar-refractivity contribution is 5.01. The number of hydrogen-bond acceptors (Lipinski definition) is 1. The van der Waals surface area contributed by atoms with Crippen molar-refractivity contribution in [2.75, 3.05) is 0 Å². The summed E-state index contributed by atoms with van der Waals surface area (Å²) < 4.78 is 0. The summed E-state index contributed by atoms with van der Waals surface area (Å²) in [5.41, 5.74) is 6.44. The number of fused-ring (bicyclic) bond motifs is 3. The van der Waals surface area contributed by atoms with Crippen molar-refractivity contribution >= 4 is 0 Å². The standard InChI is InChI=1S/C13H23N/c14-13-11-7-3-1-5-9(11)10-6-2-4-8-12(10)13/h9-13H,1-8,14H2. The molecule has 0 aromatic heterocycles. The van der Waals surface area contributed by atoms with Crippen molar-refractivity contribution in [3.05, 3.63) is 0 Å². The van der Waals surface area contributed by atoms with E-state index in [0.29, 0.717) is 6.04 Å². The third-order valence-electron chi connectivity index (χ3n) is 5.29. The SMILES string of the molecule is NC1C2CCCCC2C2CCCCC12. The van der Waals surface area contributed by atoms with Crippen LogP contribution in [0.4, 0.5) is 0 Å². The molecule has 0 amide bonds. The van der Waals surface area contributed by atoms with Gasteiger partial charge in [-0.25, -0.2) is 0 Å². The molecule has 3 saturated carbocycles. The lowest BCUT2D eigenvalue weighted by atomic mass is 9.73. The van der Waals surface area contributed by atoms with E-state index < -0.39 is 0 Å². The highest BCUT2D eigenvalue weighted by atomic mass is 14.7. The molecule has 0 heterocycles. The fraction of sp³-hybridized carbons (Fsp3) is 1.00. The molecule has 3 fully saturated rings.